The zero-order valence-electron chi connectivity index (χ0n) is 11.7. The van der Waals surface area contributed by atoms with Gasteiger partial charge >= 0.3 is 0 Å². The molecule has 3 fully saturated rings. The first kappa shape index (κ1) is 15.0. The number of rotatable bonds is 1. The second kappa shape index (κ2) is 4.86. The smallest absolute Gasteiger partial charge is 0.166 e. The maximum atomic E-state index is 11.3. The van der Waals surface area contributed by atoms with E-state index in [0.717, 1.165) is 41.7 Å². The summed E-state index contributed by atoms with van der Waals surface area (Å²) in [5.74, 6) is 0.340. The predicted octanol–water partition coefficient (Wildman–Crippen LogP) is -0.429. The number of hydrogen-bond donors (Lipinski definition) is 1. The molecular weight excluding hydrogens is 349 g/mol. The summed E-state index contributed by atoms with van der Waals surface area (Å²) in [6.45, 7) is 8.57. The van der Waals surface area contributed by atoms with Crippen LogP contribution in [-0.4, -0.2) is 29.7 Å². The monoisotopic (exact) mass is 371 g/mol. The highest BCUT2D eigenvalue weighted by atomic mass is 127. The van der Waals surface area contributed by atoms with Gasteiger partial charge in [-0.3, -0.25) is 4.48 Å². The first-order valence-corrected chi connectivity index (χ1v) is 6.81. The molecule has 1 unspecified atom stereocenters. The summed E-state index contributed by atoms with van der Waals surface area (Å²) in [4.78, 5) is 0. The lowest BCUT2D eigenvalue weighted by molar-refractivity contribution is -0.896. The Morgan fingerprint density at radius 3 is 2.53 bits per heavy atom. The predicted molar refractivity (Wildman–Crippen MR) is 72.9 cm³/mol. The molecule has 0 aliphatic carbocycles. The van der Waals surface area contributed by atoms with E-state index in [4.69, 9.17) is 0 Å². The van der Waals surface area contributed by atoms with Gasteiger partial charge in [0.25, 0.3) is 0 Å². The number of fused-ring (bicyclic) bond motifs is 3. The molecule has 1 aromatic rings. The number of nitrogens with zero attached hydrogens (tertiary/aromatic N) is 1. The minimum atomic E-state index is -0.822. The molecule has 1 aromatic carbocycles. The Balaban J connectivity index is 0.00000133. The third-order valence-electron chi connectivity index (χ3n) is 5.08. The van der Waals surface area contributed by atoms with E-state index in [2.05, 4.69) is 32.7 Å². The molecule has 3 heterocycles. The van der Waals surface area contributed by atoms with Crippen molar-refractivity contribution in [3.63, 3.8) is 0 Å². The number of halogens is 1. The van der Waals surface area contributed by atoms with E-state index in [-0.39, 0.29) is 24.0 Å². The van der Waals surface area contributed by atoms with Crippen LogP contribution in [0.4, 0.5) is 0 Å². The molecule has 0 spiro atoms. The lowest BCUT2D eigenvalue weighted by atomic mass is 9.68. The van der Waals surface area contributed by atoms with Gasteiger partial charge in [0.15, 0.2) is 5.60 Å². The van der Waals surface area contributed by atoms with Crippen molar-refractivity contribution in [3.8, 4) is 0 Å². The fraction of sp³-hybridized carbons (Fsp3) is 0.500. The minimum Gasteiger partial charge on any atom is -1.00 e. The molecule has 4 rings (SSSR count). The highest BCUT2D eigenvalue weighted by molar-refractivity contribution is 5.35. The SMILES string of the molecule is C=C1C(O)(c2cccc(C)c2)C2CC[N+]1(C)CC2.[I-]. The fourth-order valence-corrected chi connectivity index (χ4v) is 3.76. The van der Waals surface area contributed by atoms with E-state index >= 15 is 0 Å². The largest absolute Gasteiger partial charge is 1.00 e. The van der Waals surface area contributed by atoms with Gasteiger partial charge < -0.3 is 29.1 Å². The fourth-order valence-electron chi connectivity index (χ4n) is 3.76. The molecule has 2 nitrogen and oxygen atoms in total. The van der Waals surface area contributed by atoms with E-state index in [1.165, 1.54) is 5.56 Å². The normalized spacial score (nSPS) is 37.0. The number of piperidine rings is 3. The number of quaternary nitrogens is 1. The van der Waals surface area contributed by atoms with Gasteiger partial charge in [-0.1, -0.05) is 29.8 Å². The molecule has 3 saturated heterocycles. The number of likely N-dealkylation sites (N-methyl/N-ethyl adjacent to an activating group) is 1. The first-order chi connectivity index (χ1) is 8.47. The minimum absolute atomic E-state index is 0. The molecule has 3 heteroatoms. The molecule has 19 heavy (non-hydrogen) atoms. The third kappa shape index (κ3) is 2.06. The molecule has 0 aromatic heterocycles. The Labute approximate surface area is 132 Å². The summed E-state index contributed by atoms with van der Waals surface area (Å²) >= 11 is 0. The van der Waals surface area contributed by atoms with Crippen LogP contribution in [0, 0.1) is 12.8 Å². The molecule has 1 atom stereocenters. The van der Waals surface area contributed by atoms with Crippen LogP contribution in [0.2, 0.25) is 0 Å². The average Bonchev–Trinajstić information content (AvgIpc) is 2.36. The maximum Gasteiger partial charge on any atom is 0.166 e. The molecule has 1 N–H and O–H groups in total. The summed E-state index contributed by atoms with van der Waals surface area (Å²) in [5, 5.41) is 11.3. The Hall–Kier alpha value is -0.390. The van der Waals surface area contributed by atoms with Crippen LogP contribution in [0.5, 0.6) is 0 Å². The maximum absolute atomic E-state index is 11.3. The van der Waals surface area contributed by atoms with Crippen LogP contribution in [0.15, 0.2) is 36.5 Å². The summed E-state index contributed by atoms with van der Waals surface area (Å²) in [5.41, 5.74) is 2.39. The molecule has 3 aliphatic heterocycles. The van der Waals surface area contributed by atoms with Crippen LogP contribution >= 0.6 is 0 Å². The van der Waals surface area contributed by atoms with Gasteiger partial charge in [0.2, 0.25) is 0 Å². The molecule has 0 saturated carbocycles. The summed E-state index contributed by atoms with van der Waals surface area (Å²) < 4.78 is 0.834. The molecule has 104 valence electrons. The zero-order valence-corrected chi connectivity index (χ0v) is 13.9. The van der Waals surface area contributed by atoms with E-state index < -0.39 is 5.60 Å². The Morgan fingerprint density at radius 1 is 1.32 bits per heavy atom. The van der Waals surface area contributed by atoms with E-state index in [0.29, 0.717) is 5.92 Å². The van der Waals surface area contributed by atoms with Crippen molar-refractivity contribution < 1.29 is 33.6 Å². The van der Waals surface area contributed by atoms with Crippen molar-refractivity contribution in [2.45, 2.75) is 25.4 Å². The van der Waals surface area contributed by atoms with Gasteiger partial charge in [-0.05, 0) is 19.1 Å². The molecule has 0 radical (unpaired) electrons. The highest BCUT2D eigenvalue weighted by Crippen LogP contribution is 2.51. The van der Waals surface area contributed by atoms with Crippen molar-refractivity contribution in [2.24, 2.45) is 5.92 Å². The summed E-state index contributed by atoms with van der Waals surface area (Å²) in [6, 6.07) is 8.27. The van der Waals surface area contributed by atoms with Crippen molar-refractivity contribution in [2.75, 3.05) is 20.1 Å². The van der Waals surface area contributed by atoms with Crippen LogP contribution in [0.1, 0.15) is 24.0 Å². The van der Waals surface area contributed by atoms with E-state index in [1.807, 2.05) is 12.1 Å². The van der Waals surface area contributed by atoms with Crippen molar-refractivity contribution >= 4 is 0 Å². The van der Waals surface area contributed by atoms with Crippen LogP contribution in [0.25, 0.3) is 0 Å². The first-order valence-electron chi connectivity index (χ1n) is 6.81. The molecule has 0 amide bonds. The number of benzene rings is 1. The molecule has 3 aliphatic rings. The Bertz CT molecular complexity index is 505. The summed E-state index contributed by atoms with van der Waals surface area (Å²) in [6.07, 6.45) is 2.19. The van der Waals surface area contributed by atoms with Gasteiger partial charge in [-0.15, -0.1) is 0 Å². The lowest BCUT2D eigenvalue weighted by Crippen LogP contribution is -3.00. The van der Waals surface area contributed by atoms with Crippen molar-refractivity contribution in [1.29, 1.82) is 0 Å². The molecular formula is C16H22INO. The average molecular weight is 371 g/mol. The summed E-state index contributed by atoms with van der Waals surface area (Å²) in [7, 11) is 2.21. The standard InChI is InChI=1S/C16H22NO.HI/c1-12-5-4-6-15(11-12)16(18)13(2)17(3)9-7-14(16)8-10-17;/h4-6,11,14,18H,2,7-10H2,1,3H3;1H/q+1;/p-1. The van der Waals surface area contributed by atoms with Gasteiger partial charge in [-0.2, -0.15) is 0 Å². The van der Waals surface area contributed by atoms with Gasteiger partial charge in [0.1, 0.15) is 5.70 Å². The van der Waals surface area contributed by atoms with Crippen LogP contribution in [-0.2, 0) is 5.60 Å². The lowest BCUT2D eigenvalue weighted by Gasteiger charge is -2.55. The van der Waals surface area contributed by atoms with Crippen LogP contribution in [0.3, 0.4) is 0 Å². The number of aliphatic hydroxyl groups is 1. The molecule has 2 bridgehead atoms. The quantitative estimate of drug-likeness (QED) is 0.525. The zero-order chi connectivity index (χ0) is 13.0. The topological polar surface area (TPSA) is 20.2 Å². The van der Waals surface area contributed by atoms with Gasteiger partial charge in [0, 0.05) is 18.8 Å². The van der Waals surface area contributed by atoms with E-state index in [1.54, 1.807) is 0 Å². The van der Waals surface area contributed by atoms with E-state index in [9.17, 15) is 5.11 Å². The van der Waals surface area contributed by atoms with Crippen molar-refractivity contribution in [1.82, 2.24) is 0 Å². The van der Waals surface area contributed by atoms with Crippen molar-refractivity contribution in [3.05, 3.63) is 47.7 Å². The second-order valence-electron chi connectivity index (χ2n) is 6.20. The number of hydrogen-bond acceptors (Lipinski definition) is 1. The highest BCUT2D eigenvalue weighted by Gasteiger charge is 2.57. The second-order valence-corrected chi connectivity index (χ2v) is 6.20. The van der Waals surface area contributed by atoms with Gasteiger partial charge in [-0.25, -0.2) is 0 Å². The van der Waals surface area contributed by atoms with Gasteiger partial charge in [0.05, 0.1) is 20.1 Å². The number of aryl methyl sites for hydroxylation is 1. The Kier molecular flexibility index (Phi) is 3.84. The Morgan fingerprint density at radius 2 is 1.95 bits per heavy atom. The third-order valence-corrected chi connectivity index (χ3v) is 5.08. The van der Waals surface area contributed by atoms with Crippen LogP contribution < -0.4 is 24.0 Å².